The minimum absolute atomic E-state index is 0.0759. The van der Waals surface area contributed by atoms with E-state index in [0.717, 1.165) is 25.7 Å². The Morgan fingerprint density at radius 2 is 2.09 bits per heavy atom. The van der Waals surface area contributed by atoms with Crippen LogP contribution < -0.4 is 5.43 Å². The van der Waals surface area contributed by atoms with Crippen molar-refractivity contribution in [3.05, 3.63) is 29.8 Å². The van der Waals surface area contributed by atoms with Crippen molar-refractivity contribution < 1.29 is 29.1 Å². The van der Waals surface area contributed by atoms with E-state index in [1.807, 2.05) is 0 Å². The number of phenolic OH excluding ortho intramolecular Hbond substituents is 1. The molecule has 2 saturated carbocycles. The first kappa shape index (κ1) is 24.3. The molecule has 2 aliphatic carbocycles. The fourth-order valence-electron chi connectivity index (χ4n) is 6.64. The van der Waals surface area contributed by atoms with Gasteiger partial charge in [-0.25, -0.2) is 15.2 Å². The first-order valence-electron chi connectivity index (χ1n) is 12.6. The Labute approximate surface area is 206 Å². The summed E-state index contributed by atoms with van der Waals surface area (Å²) < 4.78 is 12.6. The molecular formula is C27H34N2O6. The van der Waals surface area contributed by atoms with Gasteiger partial charge in [0.25, 0.3) is 0 Å². The molecule has 0 radical (unpaired) electrons. The third-order valence-electron chi connectivity index (χ3n) is 8.46. The third kappa shape index (κ3) is 4.47. The topological polar surface area (TPSA) is 98.6 Å². The van der Waals surface area contributed by atoms with E-state index in [9.17, 15) is 9.90 Å². The molecule has 8 heteroatoms. The van der Waals surface area contributed by atoms with Gasteiger partial charge in [0, 0.05) is 23.8 Å². The molecule has 2 bridgehead atoms. The van der Waals surface area contributed by atoms with E-state index >= 15 is 0 Å². The number of nitrogens with one attached hydrogen (secondary N) is 1. The molecule has 0 aromatic heterocycles. The summed E-state index contributed by atoms with van der Waals surface area (Å²) in [7, 11) is 0. The van der Waals surface area contributed by atoms with Gasteiger partial charge in [-0.15, -0.1) is 0 Å². The summed E-state index contributed by atoms with van der Waals surface area (Å²) in [5, 5.41) is 13.6. The van der Waals surface area contributed by atoms with Gasteiger partial charge >= 0.3 is 5.91 Å². The van der Waals surface area contributed by atoms with Gasteiger partial charge in [0.1, 0.15) is 23.6 Å². The number of nitrogens with zero attached hydrogens (tertiary/aromatic N) is 1. The predicted molar refractivity (Wildman–Crippen MR) is 128 cm³/mol. The Morgan fingerprint density at radius 1 is 1.26 bits per heavy atom. The Hall–Kier alpha value is -2.44. The third-order valence-corrected chi connectivity index (χ3v) is 8.46. The highest BCUT2D eigenvalue weighted by Gasteiger charge is 2.68. The van der Waals surface area contributed by atoms with Crippen molar-refractivity contribution in [3.63, 3.8) is 0 Å². The highest BCUT2D eigenvalue weighted by molar-refractivity contribution is 5.94. The van der Waals surface area contributed by atoms with E-state index in [1.54, 1.807) is 24.3 Å². The summed E-state index contributed by atoms with van der Waals surface area (Å²) in [6, 6.07) is 6.71. The second-order valence-corrected chi connectivity index (χ2v) is 10.7. The average molecular weight is 483 g/mol. The number of fused-ring (bicyclic) bond motifs is 2. The van der Waals surface area contributed by atoms with Crippen LogP contribution in [0.25, 0.3) is 0 Å². The molecular weight excluding hydrogens is 448 g/mol. The van der Waals surface area contributed by atoms with E-state index in [2.05, 4.69) is 43.1 Å². The van der Waals surface area contributed by atoms with E-state index < -0.39 is 17.8 Å². The molecule has 3 saturated heterocycles. The van der Waals surface area contributed by atoms with Crippen LogP contribution in [0.4, 0.5) is 0 Å². The monoisotopic (exact) mass is 482 g/mol. The largest absolute Gasteiger partial charge is 0.507 e. The molecule has 1 aromatic carbocycles. The molecule has 3 heterocycles. The lowest BCUT2D eigenvalue weighted by Crippen LogP contribution is -2.69. The fourth-order valence-corrected chi connectivity index (χ4v) is 6.64. The predicted octanol–water partition coefficient (Wildman–Crippen LogP) is 3.53. The van der Waals surface area contributed by atoms with E-state index in [4.69, 9.17) is 19.2 Å². The number of hydrogen-bond acceptors (Lipinski definition) is 7. The first-order chi connectivity index (χ1) is 16.8. The minimum Gasteiger partial charge on any atom is -0.507 e. The summed E-state index contributed by atoms with van der Waals surface area (Å²) in [4.78, 5) is 24.3. The highest BCUT2D eigenvalue weighted by Crippen LogP contribution is 2.61. The van der Waals surface area contributed by atoms with E-state index in [0.29, 0.717) is 17.4 Å². The number of benzene rings is 1. The van der Waals surface area contributed by atoms with Crippen LogP contribution in [0.15, 0.2) is 29.4 Å². The van der Waals surface area contributed by atoms with Gasteiger partial charge in [-0.3, -0.25) is 4.79 Å². The molecule has 3 aliphatic heterocycles. The van der Waals surface area contributed by atoms with Crippen molar-refractivity contribution in [2.24, 2.45) is 28.8 Å². The number of carbonyl (C=O) groups is 1. The fraction of sp³-hybridized carbons (Fsp3) is 0.630. The highest BCUT2D eigenvalue weighted by atomic mass is 17.2. The lowest BCUT2D eigenvalue weighted by atomic mass is 9.56. The quantitative estimate of drug-likeness (QED) is 0.295. The molecule has 8 atom stereocenters. The maximum absolute atomic E-state index is 12.0. The van der Waals surface area contributed by atoms with E-state index in [1.165, 1.54) is 12.6 Å². The molecule has 8 nitrogen and oxygen atoms in total. The number of phenols is 1. The van der Waals surface area contributed by atoms with Crippen LogP contribution in [0.3, 0.4) is 0 Å². The van der Waals surface area contributed by atoms with Crippen molar-refractivity contribution in [2.45, 2.75) is 76.5 Å². The number of rotatable bonds is 4. The SMILES string of the molecule is C[C@H]1C(OCC#CC(=O)N/N=C/c2ccccc2O)O[C@@H]2CC3(C)CCC4[C@H](C)CCC1[C@]42OO3. The van der Waals surface area contributed by atoms with Gasteiger partial charge in [0.2, 0.25) is 0 Å². The van der Waals surface area contributed by atoms with Gasteiger partial charge in [-0.05, 0) is 62.5 Å². The zero-order valence-corrected chi connectivity index (χ0v) is 20.5. The van der Waals surface area contributed by atoms with Gasteiger partial charge in [-0.1, -0.05) is 31.9 Å². The summed E-state index contributed by atoms with van der Waals surface area (Å²) in [5.41, 5.74) is 2.08. The average Bonchev–Trinajstić information content (AvgIpc) is 3.07. The van der Waals surface area contributed by atoms with Crippen LogP contribution in [0.1, 0.15) is 58.4 Å². The van der Waals surface area contributed by atoms with Crippen LogP contribution in [0, 0.1) is 35.5 Å². The van der Waals surface area contributed by atoms with Crippen LogP contribution >= 0.6 is 0 Å². The molecule has 1 aromatic rings. The normalized spacial score (nSPS) is 39.9. The number of para-hydroxylation sites is 1. The smallest absolute Gasteiger partial charge is 0.316 e. The molecule has 5 aliphatic rings. The summed E-state index contributed by atoms with van der Waals surface area (Å²) in [6.07, 6.45) is 5.97. The second-order valence-electron chi connectivity index (χ2n) is 10.7. The number of hydrogen-bond donors (Lipinski definition) is 2. The van der Waals surface area contributed by atoms with Gasteiger partial charge in [0.15, 0.2) is 6.29 Å². The van der Waals surface area contributed by atoms with Crippen LogP contribution in [-0.4, -0.2) is 47.4 Å². The van der Waals surface area contributed by atoms with Crippen molar-refractivity contribution in [1.29, 1.82) is 0 Å². The Morgan fingerprint density at radius 3 is 2.91 bits per heavy atom. The lowest BCUT2D eigenvalue weighted by molar-refractivity contribution is -0.495. The standard InChI is InChI=1S/C27H34N2O6/c1-17-10-11-21-18(2)25(33-23-15-26(3)13-12-20(17)27(21,23)35-34-26)32-14-6-9-24(31)29-28-16-19-7-4-5-8-22(19)30/h4-5,7-8,16-18,20-21,23,25,30H,10-15H2,1-3H3,(H,29,31)/b28-16+/t17-,18-,20?,21?,23-,25?,26?,27-/m1/s1. The zero-order chi connectivity index (χ0) is 24.6. The van der Waals surface area contributed by atoms with Crippen molar-refractivity contribution in [3.8, 4) is 17.6 Å². The zero-order valence-electron chi connectivity index (χ0n) is 20.5. The first-order valence-corrected chi connectivity index (χ1v) is 12.6. The maximum Gasteiger partial charge on any atom is 0.316 e. The molecule has 1 amide bonds. The van der Waals surface area contributed by atoms with Gasteiger partial charge in [-0.2, -0.15) is 5.10 Å². The molecule has 6 rings (SSSR count). The Balaban J connectivity index is 1.20. The van der Waals surface area contributed by atoms with Crippen LogP contribution in [0.5, 0.6) is 5.75 Å². The van der Waals surface area contributed by atoms with Crippen molar-refractivity contribution in [2.75, 3.05) is 6.61 Å². The Bertz CT molecular complexity index is 1050. The van der Waals surface area contributed by atoms with Crippen molar-refractivity contribution >= 4 is 12.1 Å². The maximum atomic E-state index is 12.0. The number of ether oxygens (including phenoxy) is 2. The van der Waals surface area contributed by atoms with Crippen LogP contribution in [-0.2, 0) is 24.0 Å². The van der Waals surface area contributed by atoms with Gasteiger partial charge < -0.3 is 14.6 Å². The molecule has 1 spiro atoms. The van der Waals surface area contributed by atoms with Gasteiger partial charge in [0.05, 0.1) is 12.3 Å². The minimum atomic E-state index is -0.555. The molecule has 188 valence electrons. The van der Waals surface area contributed by atoms with E-state index in [-0.39, 0.29) is 35.9 Å². The number of hydrazone groups is 1. The summed E-state index contributed by atoms with van der Waals surface area (Å²) >= 11 is 0. The molecule has 2 N–H and O–H groups in total. The summed E-state index contributed by atoms with van der Waals surface area (Å²) in [5.74, 6) is 6.16. The molecule has 5 fully saturated rings. The second kappa shape index (κ2) is 9.55. The van der Waals surface area contributed by atoms with Crippen LogP contribution in [0.2, 0.25) is 0 Å². The number of aromatic hydroxyl groups is 1. The number of carbonyl (C=O) groups excluding carboxylic acids is 1. The number of amides is 1. The molecule has 4 unspecified atom stereocenters. The van der Waals surface area contributed by atoms with Crippen molar-refractivity contribution in [1.82, 2.24) is 5.43 Å². The lowest BCUT2D eigenvalue weighted by Gasteiger charge is -2.61. The molecule has 35 heavy (non-hydrogen) atoms. The Kier molecular flexibility index (Phi) is 6.62. The summed E-state index contributed by atoms with van der Waals surface area (Å²) in [6.45, 7) is 6.67.